The van der Waals surface area contributed by atoms with Crippen LogP contribution >= 0.6 is 0 Å². The fourth-order valence-corrected chi connectivity index (χ4v) is 2.18. The maximum absolute atomic E-state index is 12.8. The third kappa shape index (κ3) is 5.72. The maximum Gasteiger partial charge on any atom is 0.170 e. The van der Waals surface area contributed by atoms with Gasteiger partial charge in [0.2, 0.25) is 0 Å². The molecule has 0 spiro atoms. The molecule has 1 N–H and O–H groups in total. The van der Waals surface area contributed by atoms with Crippen LogP contribution in [0.5, 0.6) is 0 Å². The highest BCUT2D eigenvalue weighted by Crippen LogP contribution is 2.25. The van der Waals surface area contributed by atoms with Crippen molar-refractivity contribution in [2.75, 3.05) is 7.11 Å². The van der Waals surface area contributed by atoms with E-state index in [1.165, 1.54) is 13.2 Å². The fraction of sp³-hybridized carbons (Fsp3) is 0.250. The zero-order valence-electron chi connectivity index (χ0n) is 14.0. The second kappa shape index (κ2) is 8.91. The van der Waals surface area contributed by atoms with E-state index >= 15 is 0 Å². The molecule has 0 bridgehead atoms. The molecule has 0 aliphatic heterocycles. The highest BCUT2D eigenvalue weighted by Gasteiger charge is 2.25. The van der Waals surface area contributed by atoms with Crippen molar-refractivity contribution in [3.05, 3.63) is 78.6 Å². The molecule has 1 aromatic rings. The molecule has 23 heavy (non-hydrogen) atoms. The Labute approximate surface area is 138 Å². The molecule has 0 amide bonds. The Hall–Kier alpha value is -2.39. The van der Waals surface area contributed by atoms with Crippen molar-refractivity contribution in [3.8, 4) is 0 Å². The number of benzene rings is 1. The average Bonchev–Trinajstić information content (AvgIpc) is 2.52. The van der Waals surface area contributed by atoms with Gasteiger partial charge >= 0.3 is 0 Å². The van der Waals surface area contributed by atoms with E-state index in [1.54, 1.807) is 25.2 Å². The van der Waals surface area contributed by atoms with Crippen LogP contribution in [-0.4, -0.2) is 23.6 Å². The van der Waals surface area contributed by atoms with Crippen molar-refractivity contribution in [2.45, 2.75) is 25.9 Å². The van der Waals surface area contributed by atoms with Crippen molar-refractivity contribution in [1.82, 2.24) is 0 Å². The number of ketones is 1. The van der Waals surface area contributed by atoms with Crippen LogP contribution in [0.2, 0.25) is 0 Å². The minimum absolute atomic E-state index is 0.0496. The molecule has 0 heterocycles. The van der Waals surface area contributed by atoms with Crippen molar-refractivity contribution in [1.29, 1.82) is 0 Å². The van der Waals surface area contributed by atoms with E-state index in [-0.39, 0.29) is 12.2 Å². The number of Topliss-reactive ketones (excluding diaryl/α,β-unsaturated/α-hetero) is 1. The predicted molar refractivity (Wildman–Crippen MR) is 94.8 cm³/mol. The molecule has 1 unspecified atom stereocenters. The van der Waals surface area contributed by atoms with Gasteiger partial charge in [0.05, 0.1) is 18.3 Å². The fourth-order valence-electron chi connectivity index (χ4n) is 2.18. The maximum atomic E-state index is 12.8. The lowest BCUT2D eigenvalue weighted by Gasteiger charge is -2.20. The van der Waals surface area contributed by atoms with E-state index in [4.69, 9.17) is 4.74 Å². The summed E-state index contributed by atoms with van der Waals surface area (Å²) in [5, 5.41) is 10.4. The smallest absolute Gasteiger partial charge is 0.170 e. The van der Waals surface area contributed by atoms with Crippen molar-refractivity contribution in [3.63, 3.8) is 0 Å². The Kier molecular flexibility index (Phi) is 7.23. The molecule has 0 radical (unpaired) electrons. The van der Waals surface area contributed by atoms with Gasteiger partial charge in [-0.25, -0.2) is 0 Å². The van der Waals surface area contributed by atoms with Crippen molar-refractivity contribution >= 4 is 11.4 Å². The first-order valence-electron chi connectivity index (χ1n) is 7.47. The Morgan fingerprint density at radius 3 is 2.48 bits per heavy atom. The van der Waals surface area contributed by atoms with Crippen LogP contribution in [0.15, 0.2) is 73.1 Å². The van der Waals surface area contributed by atoms with Gasteiger partial charge in [0.1, 0.15) is 5.76 Å². The van der Waals surface area contributed by atoms with Gasteiger partial charge in [0.25, 0.3) is 0 Å². The topological polar surface area (TPSA) is 46.5 Å². The minimum Gasteiger partial charge on any atom is -0.496 e. The van der Waals surface area contributed by atoms with E-state index in [0.29, 0.717) is 11.3 Å². The van der Waals surface area contributed by atoms with Gasteiger partial charge in [-0.3, -0.25) is 4.79 Å². The molecule has 0 aliphatic rings. The molecular formula is C20H24O3. The van der Waals surface area contributed by atoms with Crippen LogP contribution in [0.4, 0.5) is 0 Å². The summed E-state index contributed by atoms with van der Waals surface area (Å²) in [6.07, 6.45) is 8.44. The Balaban J connectivity index is 3.17. The highest BCUT2D eigenvalue weighted by atomic mass is 16.5. The van der Waals surface area contributed by atoms with Gasteiger partial charge in [0, 0.05) is 6.42 Å². The second-order valence-electron chi connectivity index (χ2n) is 5.36. The Bertz CT molecular complexity index is 620. The number of allylic oxidation sites excluding steroid dienone is 5. The van der Waals surface area contributed by atoms with Crippen molar-refractivity contribution in [2.24, 2.45) is 0 Å². The normalized spacial score (nSPS) is 15.3. The summed E-state index contributed by atoms with van der Waals surface area (Å²) >= 11 is 0. The number of ether oxygens (including phenoxy) is 1. The molecule has 1 aromatic carbocycles. The molecule has 1 rings (SSSR count). The monoisotopic (exact) mass is 312 g/mol. The minimum atomic E-state index is -1.24. The number of aliphatic hydroxyl groups is 1. The highest BCUT2D eigenvalue weighted by molar-refractivity contribution is 6.22. The third-order valence-electron chi connectivity index (χ3n) is 3.27. The third-order valence-corrected chi connectivity index (χ3v) is 3.27. The molecule has 0 fully saturated rings. The first kappa shape index (κ1) is 18.7. The summed E-state index contributed by atoms with van der Waals surface area (Å²) in [5.74, 6) is 0.192. The molecule has 1 atom stereocenters. The molecule has 0 saturated carbocycles. The first-order valence-corrected chi connectivity index (χ1v) is 7.47. The van der Waals surface area contributed by atoms with Crippen LogP contribution in [0.25, 0.3) is 5.57 Å². The van der Waals surface area contributed by atoms with E-state index in [0.717, 1.165) is 5.56 Å². The van der Waals surface area contributed by atoms with Gasteiger partial charge in [-0.15, -0.1) is 0 Å². The zero-order chi connectivity index (χ0) is 17.3. The predicted octanol–water partition coefficient (Wildman–Crippen LogP) is 4.07. The van der Waals surface area contributed by atoms with Crippen LogP contribution in [0.1, 0.15) is 25.8 Å². The Morgan fingerprint density at radius 1 is 1.30 bits per heavy atom. The number of hydrogen-bond donors (Lipinski definition) is 1. The summed E-state index contributed by atoms with van der Waals surface area (Å²) in [5.41, 5.74) is -0.0818. The molecular weight excluding hydrogens is 288 g/mol. The van der Waals surface area contributed by atoms with E-state index in [2.05, 4.69) is 6.58 Å². The average molecular weight is 312 g/mol. The van der Waals surface area contributed by atoms with Crippen molar-refractivity contribution < 1.29 is 14.6 Å². The van der Waals surface area contributed by atoms with Crippen LogP contribution in [-0.2, 0) is 9.53 Å². The molecule has 3 nitrogen and oxygen atoms in total. The van der Waals surface area contributed by atoms with Gasteiger partial charge < -0.3 is 9.84 Å². The number of rotatable bonds is 8. The molecule has 0 aromatic heterocycles. The Morgan fingerprint density at radius 2 is 1.96 bits per heavy atom. The van der Waals surface area contributed by atoms with Gasteiger partial charge in [-0.2, -0.15) is 0 Å². The van der Waals surface area contributed by atoms with Gasteiger partial charge in [-0.05, 0) is 25.5 Å². The largest absolute Gasteiger partial charge is 0.496 e. The number of carbonyl (C=O) groups excluding carboxylic acids is 1. The van der Waals surface area contributed by atoms with E-state index < -0.39 is 5.60 Å². The second-order valence-corrected chi connectivity index (χ2v) is 5.36. The zero-order valence-corrected chi connectivity index (χ0v) is 14.0. The molecule has 3 heteroatoms. The van der Waals surface area contributed by atoms with Crippen LogP contribution < -0.4 is 0 Å². The summed E-state index contributed by atoms with van der Waals surface area (Å²) in [6.45, 7) is 7.19. The lowest BCUT2D eigenvalue weighted by Crippen LogP contribution is -2.26. The van der Waals surface area contributed by atoms with Gasteiger partial charge in [-0.1, -0.05) is 61.2 Å². The van der Waals surface area contributed by atoms with E-state index in [1.807, 2.05) is 43.3 Å². The quantitative estimate of drug-likeness (QED) is 0.447. The number of carbonyl (C=O) groups is 1. The SMILES string of the molecule is C=C/C(OC)=C(/C(=O)CC(C)(O)/C=C\C=C/C)c1ccccc1. The lowest BCUT2D eigenvalue weighted by molar-refractivity contribution is -0.116. The summed E-state index contributed by atoms with van der Waals surface area (Å²) in [4.78, 5) is 12.8. The first-order chi connectivity index (χ1) is 10.9. The van der Waals surface area contributed by atoms with E-state index in [9.17, 15) is 9.90 Å². The number of hydrogen-bond acceptors (Lipinski definition) is 3. The lowest BCUT2D eigenvalue weighted by atomic mass is 9.91. The molecule has 0 aliphatic carbocycles. The summed E-state index contributed by atoms with van der Waals surface area (Å²) in [6, 6.07) is 9.24. The summed E-state index contributed by atoms with van der Waals surface area (Å²) in [7, 11) is 1.50. The van der Waals surface area contributed by atoms with Crippen LogP contribution in [0, 0.1) is 0 Å². The molecule has 0 saturated heterocycles. The number of methoxy groups -OCH3 is 1. The standard InChI is InChI=1S/C20H24O3/c1-5-7-11-14-20(3,22)15-17(21)19(18(6-2)23-4)16-12-9-8-10-13-16/h5-14,22H,2,15H2,1,3-4H3/b7-5-,14-11-,19-18-. The summed E-state index contributed by atoms with van der Waals surface area (Å²) < 4.78 is 5.28. The van der Waals surface area contributed by atoms with Gasteiger partial charge in [0.15, 0.2) is 5.78 Å². The molecule has 122 valence electrons. The van der Waals surface area contributed by atoms with Crippen LogP contribution in [0.3, 0.4) is 0 Å².